The van der Waals surface area contributed by atoms with Gasteiger partial charge >= 0.3 is 0 Å². The van der Waals surface area contributed by atoms with Gasteiger partial charge in [-0.3, -0.25) is 4.79 Å². The quantitative estimate of drug-likeness (QED) is 0.759. The Kier molecular flexibility index (Phi) is 6.71. The zero-order valence-corrected chi connectivity index (χ0v) is 13.4. The number of nitrogens with zero attached hydrogens (tertiary/aromatic N) is 1. The summed E-state index contributed by atoms with van der Waals surface area (Å²) in [5.41, 5.74) is 0. The SMILES string of the molecule is CS(=O)(=O)NCC1CCCCN1C(=O)C1CCNC1.Cl. The van der Waals surface area contributed by atoms with Gasteiger partial charge in [0.1, 0.15) is 0 Å². The fraction of sp³-hybridized carbons (Fsp3) is 0.917. The Morgan fingerprint density at radius 1 is 1.35 bits per heavy atom. The monoisotopic (exact) mass is 325 g/mol. The molecule has 2 heterocycles. The van der Waals surface area contributed by atoms with Gasteiger partial charge in [0.15, 0.2) is 0 Å². The van der Waals surface area contributed by atoms with Gasteiger partial charge < -0.3 is 10.2 Å². The van der Waals surface area contributed by atoms with Crippen LogP contribution in [0.3, 0.4) is 0 Å². The van der Waals surface area contributed by atoms with E-state index >= 15 is 0 Å². The first kappa shape index (κ1) is 17.7. The summed E-state index contributed by atoms with van der Waals surface area (Å²) in [4.78, 5) is 14.3. The van der Waals surface area contributed by atoms with Crippen molar-refractivity contribution in [2.45, 2.75) is 31.7 Å². The zero-order valence-electron chi connectivity index (χ0n) is 11.8. The standard InChI is InChI=1S/C12H23N3O3S.ClH/c1-19(17,18)14-9-11-4-2-3-7-15(11)12(16)10-5-6-13-8-10;/h10-11,13-14H,2-9H2,1H3;1H. The van der Waals surface area contributed by atoms with Crippen LogP contribution >= 0.6 is 12.4 Å². The highest BCUT2D eigenvalue weighted by molar-refractivity contribution is 7.88. The summed E-state index contributed by atoms with van der Waals surface area (Å²) in [7, 11) is -3.19. The minimum absolute atomic E-state index is 0. The van der Waals surface area contributed by atoms with Crippen molar-refractivity contribution < 1.29 is 13.2 Å². The molecule has 8 heteroatoms. The number of amides is 1. The third-order valence-electron chi connectivity index (χ3n) is 3.90. The van der Waals surface area contributed by atoms with E-state index in [2.05, 4.69) is 10.0 Å². The van der Waals surface area contributed by atoms with E-state index in [1.165, 1.54) is 0 Å². The predicted molar refractivity (Wildman–Crippen MR) is 80.4 cm³/mol. The maximum absolute atomic E-state index is 12.4. The summed E-state index contributed by atoms with van der Waals surface area (Å²) >= 11 is 0. The van der Waals surface area contributed by atoms with Gasteiger partial charge in [-0.15, -0.1) is 12.4 Å². The van der Waals surface area contributed by atoms with Crippen molar-refractivity contribution in [2.75, 3.05) is 32.4 Å². The van der Waals surface area contributed by atoms with Gasteiger partial charge in [-0.1, -0.05) is 0 Å². The summed E-state index contributed by atoms with van der Waals surface area (Å²) in [6.45, 7) is 2.74. The van der Waals surface area contributed by atoms with E-state index in [1.54, 1.807) is 0 Å². The second-order valence-electron chi connectivity index (χ2n) is 5.49. The molecule has 20 heavy (non-hydrogen) atoms. The number of carbonyl (C=O) groups excluding carboxylic acids is 1. The number of halogens is 1. The molecule has 2 unspecified atom stereocenters. The number of sulfonamides is 1. The van der Waals surface area contributed by atoms with Crippen LogP contribution in [0.25, 0.3) is 0 Å². The molecule has 6 nitrogen and oxygen atoms in total. The maximum Gasteiger partial charge on any atom is 0.227 e. The van der Waals surface area contributed by atoms with Crippen LogP contribution in [0.5, 0.6) is 0 Å². The van der Waals surface area contributed by atoms with Crippen LogP contribution in [-0.4, -0.2) is 57.7 Å². The van der Waals surface area contributed by atoms with Crippen LogP contribution in [-0.2, 0) is 14.8 Å². The normalized spacial score (nSPS) is 27.1. The molecule has 1 amide bonds. The van der Waals surface area contributed by atoms with Gasteiger partial charge in [0, 0.05) is 25.7 Å². The first-order valence-electron chi connectivity index (χ1n) is 6.93. The molecule has 0 spiro atoms. The Labute approximate surface area is 127 Å². The van der Waals surface area contributed by atoms with Crippen molar-refractivity contribution in [2.24, 2.45) is 5.92 Å². The van der Waals surface area contributed by atoms with Crippen molar-refractivity contribution in [1.29, 1.82) is 0 Å². The molecular weight excluding hydrogens is 302 g/mol. The van der Waals surface area contributed by atoms with E-state index < -0.39 is 10.0 Å². The molecule has 2 aliphatic heterocycles. The highest BCUT2D eigenvalue weighted by Crippen LogP contribution is 2.21. The second-order valence-corrected chi connectivity index (χ2v) is 7.32. The molecular formula is C12H24ClN3O3S. The van der Waals surface area contributed by atoms with Crippen molar-refractivity contribution in [1.82, 2.24) is 14.9 Å². The second kappa shape index (κ2) is 7.59. The molecule has 0 aromatic carbocycles. The minimum atomic E-state index is -3.19. The van der Waals surface area contributed by atoms with Crippen molar-refractivity contribution in [3.8, 4) is 0 Å². The van der Waals surface area contributed by atoms with Crippen molar-refractivity contribution >= 4 is 28.3 Å². The molecule has 0 aromatic rings. The third kappa shape index (κ3) is 4.87. The molecule has 2 fully saturated rings. The molecule has 118 valence electrons. The van der Waals surface area contributed by atoms with Crippen LogP contribution < -0.4 is 10.0 Å². The Hall–Kier alpha value is -0.370. The summed E-state index contributed by atoms with van der Waals surface area (Å²) < 4.78 is 24.9. The smallest absolute Gasteiger partial charge is 0.227 e. The van der Waals surface area contributed by atoms with Crippen molar-refractivity contribution in [3.05, 3.63) is 0 Å². The fourth-order valence-corrected chi connectivity index (χ4v) is 3.35. The lowest BCUT2D eigenvalue weighted by molar-refractivity contribution is -0.138. The minimum Gasteiger partial charge on any atom is -0.338 e. The van der Waals surface area contributed by atoms with Crippen LogP contribution in [0.1, 0.15) is 25.7 Å². The van der Waals surface area contributed by atoms with Gasteiger partial charge in [0.25, 0.3) is 0 Å². The Balaban J connectivity index is 0.00000200. The summed E-state index contributed by atoms with van der Waals surface area (Å²) in [5.74, 6) is 0.254. The first-order chi connectivity index (χ1) is 8.97. The lowest BCUT2D eigenvalue weighted by Crippen LogP contribution is -2.51. The van der Waals surface area contributed by atoms with E-state index in [0.717, 1.165) is 51.6 Å². The average molecular weight is 326 g/mol. The van der Waals surface area contributed by atoms with Crippen LogP contribution in [0.15, 0.2) is 0 Å². The number of rotatable bonds is 4. The molecule has 2 rings (SSSR count). The van der Waals surface area contributed by atoms with Crippen LogP contribution in [0.2, 0.25) is 0 Å². The van der Waals surface area contributed by atoms with E-state index in [4.69, 9.17) is 0 Å². The third-order valence-corrected chi connectivity index (χ3v) is 4.59. The van der Waals surface area contributed by atoms with E-state index in [-0.39, 0.29) is 30.3 Å². The average Bonchev–Trinajstić information content (AvgIpc) is 2.89. The number of nitrogens with one attached hydrogen (secondary N) is 2. The van der Waals surface area contributed by atoms with Gasteiger partial charge in [-0.2, -0.15) is 0 Å². The van der Waals surface area contributed by atoms with Crippen LogP contribution in [0, 0.1) is 5.92 Å². The molecule has 0 bridgehead atoms. The van der Waals surface area contributed by atoms with Gasteiger partial charge in [0.05, 0.1) is 12.2 Å². The molecule has 2 N–H and O–H groups in total. The highest BCUT2D eigenvalue weighted by Gasteiger charge is 2.32. The fourth-order valence-electron chi connectivity index (χ4n) is 2.85. The zero-order chi connectivity index (χ0) is 13.9. The first-order valence-corrected chi connectivity index (χ1v) is 8.82. The Bertz CT molecular complexity index is 424. The predicted octanol–water partition coefficient (Wildman–Crippen LogP) is -0.0520. The molecule has 0 aliphatic carbocycles. The van der Waals surface area contributed by atoms with E-state index in [1.807, 2.05) is 4.90 Å². The molecule has 2 saturated heterocycles. The largest absolute Gasteiger partial charge is 0.338 e. The summed E-state index contributed by atoms with van der Waals surface area (Å²) in [6, 6.07) is 0.0107. The Morgan fingerprint density at radius 2 is 2.10 bits per heavy atom. The number of hydrogen-bond acceptors (Lipinski definition) is 4. The molecule has 0 saturated carbocycles. The molecule has 2 aliphatic rings. The van der Waals surface area contributed by atoms with Gasteiger partial charge in [-0.25, -0.2) is 13.1 Å². The van der Waals surface area contributed by atoms with Crippen LogP contribution in [0.4, 0.5) is 0 Å². The highest BCUT2D eigenvalue weighted by atomic mass is 35.5. The molecule has 0 radical (unpaired) electrons. The number of likely N-dealkylation sites (tertiary alicyclic amines) is 1. The number of piperidine rings is 1. The van der Waals surface area contributed by atoms with Gasteiger partial charge in [0.2, 0.25) is 15.9 Å². The lowest BCUT2D eigenvalue weighted by atomic mass is 9.98. The maximum atomic E-state index is 12.4. The summed E-state index contributed by atoms with van der Waals surface area (Å²) in [6.07, 6.45) is 5.00. The molecule has 2 atom stereocenters. The van der Waals surface area contributed by atoms with Crippen molar-refractivity contribution in [3.63, 3.8) is 0 Å². The lowest BCUT2D eigenvalue weighted by Gasteiger charge is -2.37. The van der Waals surface area contributed by atoms with E-state index in [9.17, 15) is 13.2 Å². The molecule has 0 aromatic heterocycles. The summed E-state index contributed by atoms with van der Waals surface area (Å²) in [5, 5.41) is 3.20. The number of carbonyl (C=O) groups is 1. The number of hydrogen-bond donors (Lipinski definition) is 2. The topological polar surface area (TPSA) is 78.5 Å². The van der Waals surface area contributed by atoms with Gasteiger partial charge in [-0.05, 0) is 32.2 Å². The Morgan fingerprint density at radius 3 is 2.70 bits per heavy atom. The van der Waals surface area contributed by atoms with E-state index in [0.29, 0.717) is 6.54 Å².